The lowest BCUT2D eigenvalue weighted by Gasteiger charge is -2.34. The molecule has 2 nitrogen and oxygen atoms in total. The average molecular weight is 166 g/mol. The van der Waals surface area contributed by atoms with Crippen LogP contribution in [0.5, 0.6) is 0 Å². The minimum atomic E-state index is -1.09. The van der Waals surface area contributed by atoms with Crippen molar-refractivity contribution < 1.29 is 10.0 Å². The van der Waals surface area contributed by atoms with E-state index in [-0.39, 0.29) is 0 Å². The van der Waals surface area contributed by atoms with Crippen LogP contribution in [0, 0.1) is 5.92 Å². The van der Waals surface area contributed by atoms with Gasteiger partial charge in [-0.15, -0.1) is 0 Å². The highest BCUT2D eigenvalue weighted by atomic mass is 16.4. The summed E-state index contributed by atoms with van der Waals surface area (Å²) in [5.74, 6) is 0.549. The maximum atomic E-state index is 8.72. The molecule has 2 rings (SSSR count). The van der Waals surface area contributed by atoms with Crippen molar-refractivity contribution >= 4 is 7.12 Å². The van der Waals surface area contributed by atoms with Gasteiger partial charge in [0.05, 0.1) is 0 Å². The summed E-state index contributed by atoms with van der Waals surface area (Å²) in [4.78, 5) is 0. The Hall–Kier alpha value is -0.275. The molecule has 66 valence electrons. The molecule has 0 unspecified atom stereocenters. The summed E-state index contributed by atoms with van der Waals surface area (Å²) >= 11 is 0. The van der Waals surface area contributed by atoms with Crippen LogP contribution >= 0.6 is 0 Å². The number of hydrogen-bond acceptors (Lipinski definition) is 2. The molecule has 0 atom stereocenters. The monoisotopic (exact) mass is 166 g/mol. The first kappa shape index (κ1) is 8.33. The molecule has 0 spiro atoms. The fourth-order valence-electron chi connectivity index (χ4n) is 2.10. The van der Waals surface area contributed by atoms with Gasteiger partial charge in [0.25, 0.3) is 0 Å². The molecular formula is C9H15BO2. The Morgan fingerprint density at radius 1 is 1.17 bits per heavy atom. The topological polar surface area (TPSA) is 40.5 Å². The van der Waals surface area contributed by atoms with Crippen LogP contribution in [0.4, 0.5) is 0 Å². The maximum Gasteiger partial charge on any atom is 0.451 e. The van der Waals surface area contributed by atoms with Gasteiger partial charge in [0, 0.05) is 0 Å². The highest BCUT2D eigenvalue weighted by molar-refractivity contribution is 6.41. The summed E-state index contributed by atoms with van der Waals surface area (Å²) < 4.78 is 0. The minimum Gasteiger partial charge on any atom is -0.427 e. The van der Waals surface area contributed by atoms with E-state index in [9.17, 15) is 0 Å². The van der Waals surface area contributed by atoms with Crippen molar-refractivity contribution in [3.8, 4) is 0 Å². The Labute approximate surface area is 73.4 Å². The first-order valence-electron chi connectivity index (χ1n) is 4.81. The summed E-state index contributed by atoms with van der Waals surface area (Å²) in [6.07, 6.45) is 6.82. The van der Waals surface area contributed by atoms with Gasteiger partial charge in [-0.1, -0.05) is 11.1 Å². The van der Waals surface area contributed by atoms with E-state index in [0.717, 1.165) is 12.8 Å². The van der Waals surface area contributed by atoms with Crippen molar-refractivity contribution in [2.24, 2.45) is 5.92 Å². The van der Waals surface area contributed by atoms with E-state index in [0.29, 0.717) is 12.2 Å². The number of allylic oxidation sites excluding steroid dienone is 2. The Kier molecular flexibility index (Phi) is 2.24. The van der Waals surface area contributed by atoms with E-state index in [1.165, 1.54) is 19.3 Å². The Morgan fingerprint density at radius 2 is 1.83 bits per heavy atom. The Bertz CT molecular complexity index is 197. The van der Waals surface area contributed by atoms with Crippen LogP contribution in [-0.2, 0) is 0 Å². The molecule has 0 radical (unpaired) electrons. The molecule has 0 aromatic heterocycles. The quantitative estimate of drug-likeness (QED) is 0.480. The standard InChI is InChI=1S/C9H15BO2/c11-10(12)6-7-4-9(5-7)8-2-1-3-8/h7,11-12H,1-6H2. The lowest BCUT2D eigenvalue weighted by molar-refractivity contribution is 0.357. The van der Waals surface area contributed by atoms with E-state index in [2.05, 4.69) is 0 Å². The average Bonchev–Trinajstić information content (AvgIpc) is 1.77. The van der Waals surface area contributed by atoms with Gasteiger partial charge in [-0.3, -0.25) is 0 Å². The third-order valence-electron chi connectivity index (χ3n) is 3.07. The summed E-state index contributed by atoms with van der Waals surface area (Å²) in [5, 5.41) is 17.4. The third kappa shape index (κ3) is 1.57. The first-order chi connectivity index (χ1) is 5.75. The zero-order valence-electron chi connectivity index (χ0n) is 7.29. The molecule has 2 aliphatic carbocycles. The van der Waals surface area contributed by atoms with Gasteiger partial charge in [-0.2, -0.15) is 0 Å². The van der Waals surface area contributed by atoms with Gasteiger partial charge in [-0.05, 0) is 44.3 Å². The van der Waals surface area contributed by atoms with Crippen molar-refractivity contribution in [3.05, 3.63) is 11.1 Å². The second-order valence-corrected chi connectivity index (χ2v) is 4.05. The SMILES string of the molecule is OB(O)CC1CC(=C2CCC2)C1. The van der Waals surface area contributed by atoms with Crippen LogP contribution in [0.2, 0.25) is 6.32 Å². The van der Waals surface area contributed by atoms with Gasteiger partial charge in [0.1, 0.15) is 0 Å². The molecule has 2 aliphatic rings. The number of hydrogen-bond donors (Lipinski definition) is 2. The Balaban J connectivity index is 1.76. The largest absolute Gasteiger partial charge is 0.451 e. The minimum absolute atomic E-state index is 0.549. The molecule has 0 bridgehead atoms. The second kappa shape index (κ2) is 3.23. The van der Waals surface area contributed by atoms with Gasteiger partial charge >= 0.3 is 7.12 Å². The van der Waals surface area contributed by atoms with Crippen molar-refractivity contribution in [2.45, 2.75) is 38.4 Å². The highest BCUT2D eigenvalue weighted by Crippen LogP contribution is 2.43. The summed E-state index contributed by atoms with van der Waals surface area (Å²) in [6.45, 7) is 0. The van der Waals surface area contributed by atoms with Gasteiger partial charge < -0.3 is 10.0 Å². The normalized spacial score (nSPS) is 28.0. The first-order valence-corrected chi connectivity index (χ1v) is 4.81. The molecule has 3 heteroatoms. The summed E-state index contributed by atoms with van der Waals surface area (Å²) in [6, 6.07) is 0. The van der Waals surface area contributed by atoms with Crippen molar-refractivity contribution in [1.82, 2.24) is 0 Å². The molecule has 12 heavy (non-hydrogen) atoms. The fourth-order valence-corrected chi connectivity index (χ4v) is 2.10. The smallest absolute Gasteiger partial charge is 0.427 e. The van der Waals surface area contributed by atoms with E-state index < -0.39 is 7.12 Å². The van der Waals surface area contributed by atoms with Crippen molar-refractivity contribution in [1.29, 1.82) is 0 Å². The predicted molar refractivity (Wildman–Crippen MR) is 48.6 cm³/mol. The van der Waals surface area contributed by atoms with E-state index in [1.54, 1.807) is 11.1 Å². The molecule has 2 saturated carbocycles. The lowest BCUT2D eigenvalue weighted by atomic mass is 9.65. The number of rotatable bonds is 2. The molecule has 2 fully saturated rings. The predicted octanol–water partition coefficient (Wildman–Crippen LogP) is 1.35. The van der Waals surface area contributed by atoms with Crippen LogP contribution in [-0.4, -0.2) is 17.2 Å². The van der Waals surface area contributed by atoms with Gasteiger partial charge in [-0.25, -0.2) is 0 Å². The molecule has 0 saturated heterocycles. The molecule has 0 heterocycles. The van der Waals surface area contributed by atoms with Crippen LogP contribution in [0.3, 0.4) is 0 Å². The molecule has 0 aromatic rings. The molecular weight excluding hydrogens is 151 g/mol. The van der Waals surface area contributed by atoms with Crippen LogP contribution in [0.25, 0.3) is 0 Å². The molecule has 0 aliphatic heterocycles. The molecule has 0 amide bonds. The van der Waals surface area contributed by atoms with Crippen LogP contribution in [0.15, 0.2) is 11.1 Å². The third-order valence-corrected chi connectivity index (χ3v) is 3.07. The van der Waals surface area contributed by atoms with Gasteiger partial charge in [0.15, 0.2) is 0 Å². The van der Waals surface area contributed by atoms with E-state index >= 15 is 0 Å². The molecule has 0 aromatic carbocycles. The zero-order chi connectivity index (χ0) is 8.55. The second-order valence-electron chi connectivity index (χ2n) is 4.05. The van der Waals surface area contributed by atoms with Crippen LogP contribution < -0.4 is 0 Å². The van der Waals surface area contributed by atoms with Crippen LogP contribution in [0.1, 0.15) is 32.1 Å². The lowest BCUT2D eigenvalue weighted by Crippen LogP contribution is -2.25. The maximum absolute atomic E-state index is 8.72. The highest BCUT2D eigenvalue weighted by Gasteiger charge is 2.30. The zero-order valence-corrected chi connectivity index (χ0v) is 7.29. The van der Waals surface area contributed by atoms with Crippen molar-refractivity contribution in [2.75, 3.05) is 0 Å². The fraction of sp³-hybridized carbons (Fsp3) is 0.778. The summed E-state index contributed by atoms with van der Waals surface area (Å²) in [5.41, 5.74) is 3.28. The van der Waals surface area contributed by atoms with Crippen molar-refractivity contribution in [3.63, 3.8) is 0 Å². The Morgan fingerprint density at radius 3 is 2.25 bits per heavy atom. The summed E-state index contributed by atoms with van der Waals surface area (Å²) in [7, 11) is -1.09. The van der Waals surface area contributed by atoms with E-state index in [1.807, 2.05) is 0 Å². The van der Waals surface area contributed by atoms with E-state index in [4.69, 9.17) is 10.0 Å². The molecule has 2 N–H and O–H groups in total. The van der Waals surface area contributed by atoms with Gasteiger partial charge in [0.2, 0.25) is 0 Å².